The molecule has 1 saturated carbocycles. The number of H-pyrrole nitrogens is 1. The van der Waals surface area contributed by atoms with Crippen molar-refractivity contribution in [1.82, 2.24) is 25.7 Å². The number of aromatic nitrogens is 4. The lowest BCUT2D eigenvalue weighted by Gasteiger charge is -2.29. The van der Waals surface area contributed by atoms with Gasteiger partial charge in [-0.2, -0.15) is 5.10 Å². The lowest BCUT2D eigenvalue weighted by Crippen LogP contribution is -2.37. The first-order valence-electron chi connectivity index (χ1n) is 10.3. The van der Waals surface area contributed by atoms with E-state index >= 15 is 0 Å². The Labute approximate surface area is 170 Å². The monoisotopic (exact) mass is 390 g/mol. The molecule has 6 rings (SSSR count). The van der Waals surface area contributed by atoms with Crippen LogP contribution >= 0.6 is 0 Å². The number of hydrogen-bond donors (Lipinski definition) is 3. The first-order chi connectivity index (χ1) is 14.2. The Hall–Kier alpha value is -2.93. The first-order valence-corrected chi connectivity index (χ1v) is 10.3. The zero-order valence-corrected chi connectivity index (χ0v) is 16.5. The number of piperidine rings is 1. The molecule has 2 aromatic heterocycles. The third kappa shape index (κ3) is 3.58. The Morgan fingerprint density at radius 1 is 1.07 bits per heavy atom. The summed E-state index contributed by atoms with van der Waals surface area (Å²) in [4.78, 5) is 2.27. The lowest BCUT2D eigenvalue weighted by atomic mass is 9.96. The second kappa shape index (κ2) is 7.48. The molecule has 2 bridgehead atoms. The van der Waals surface area contributed by atoms with Gasteiger partial charge in [-0.1, -0.05) is 6.07 Å². The minimum atomic E-state index is 0.186. The Bertz CT molecular complexity index is 949. The number of nitrogens with one attached hydrogen (secondary N) is 2. The van der Waals surface area contributed by atoms with Gasteiger partial charge in [-0.25, -0.2) is 0 Å². The maximum absolute atomic E-state index is 10.5. The summed E-state index contributed by atoms with van der Waals surface area (Å²) in [5.41, 5.74) is 3.18. The Balaban J connectivity index is 1.35. The maximum Gasteiger partial charge on any atom is 0.151 e. The average molecular weight is 390 g/mol. The number of fused-ring (bicyclic) bond motifs is 4. The highest BCUT2D eigenvalue weighted by Crippen LogP contribution is 2.34. The largest absolute Gasteiger partial charge is 0.507 e. The Morgan fingerprint density at radius 2 is 2.00 bits per heavy atom. The van der Waals surface area contributed by atoms with Gasteiger partial charge in [-0.15, -0.1) is 10.2 Å². The molecule has 29 heavy (non-hydrogen) atoms. The summed E-state index contributed by atoms with van der Waals surface area (Å²) in [6, 6.07) is 10.6. The highest BCUT2D eigenvalue weighted by Gasteiger charge is 2.32. The highest BCUT2D eigenvalue weighted by molar-refractivity contribution is 5.73. The van der Waals surface area contributed by atoms with Gasteiger partial charge < -0.3 is 15.3 Å². The van der Waals surface area contributed by atoms with Crippen LogP contribution in [0.4, 0.5) is 5.82 Å². The minimum Gasteiger partial charge on any atom is -0.507 e. The van der Waals surface area contributed by atoms with Crippen molar-refractivity contribution in [2.24, 2.45) is 5.92 Å². The number of rotatable bonds is 4. The molecule has 150 valence electrons. The van der Waals surface area contributed by atoms with Crippen LogP contribution in [0.2, 0.25) is 0 Å². The van der Waals surface area contributed by atoms with E-state index in [4.69, 9.17) is 0 Å². The minimum absolute atomic E-state index is 0.186. The van der Waals surface area contributed by atoms with Gasteiger partial charge in [-0.3, -0.25) is 5.10 Å². The fraction of sp³-hybridized carbons (Fsp3) is 0.409. The molecule has 1 unspecified atom stereocenters. The highest BCUT2D eigenvalue weighted by atomic mass is 16.3. The fourth-order valence-electron chi connectivity index (χ4n) is 4.68. The number of phenolic OH excluding ortho intramolecular Hbond substituents is 1. The summed E-state index contributed by atoms with van der Waals surface area (Å²) < 4.78 is 0. The molecule has 4 heterocycles. The molecule has 2 saturated heterocycles. The number of hydrogen-bond acceptors (Lipinski definition) is 6. The van der Waals surface area contributed by atoms with Crippen molar-refractivity contribution < 1.29 is 5.11 Å². The summed E-state index contributed by atoms with van der Waals surface area (Å²) in [6.45, 7) is 1.15. The Kier molecular flexibility index (Phi) is 4.67. The average Bonchev–Trinajstić information content (AvgIpc) is 3.12. The van der Waals surface area contributed by atoms with Crippen molar-refractivity contribution >= 4 is 5.82 Å². The molecule has 1 aliphatic carbocycles. The van der Waals surface area contributed by atoms with Gasteiger partial charge in [0.05, 0.1) is 11.9 Å². The van der Waals surface area contributed by atoms with Crippen molar-refractivity contribution in [2.45, 2.75) is 37.8 Å². The molecule has 0 spiro atoms. The van der Waals surface area contributed by atoms with Crippen LogP contribution in [0.15, 0.2) is 42.7 Å². The number of anilines is 1. The predicted molar refractivity (Wildman–Crippen MR) is 113 cm³/mol. The summed E-state index contributed by atoms with van der Waals surface area (Å²) in [5, 5.41) is 29.8. The van der Waals surface area contributed by atoms with Gasteiger partial charge in [0.15, 0.2) is 5.82 Å². The summed E-state index contributed by atoms with van der Waals surface area (Å²) in [6.07, 6.45) is 8.52. The molecule has 7 heteroatoms. The van der Waals surface area contributed by atoms with Gasteiger partial charge in [-0.05, 0) is 68.0 Å². The molecule has 1 aromatic carbocycles. The molecule has 3 fully saturated rings. The summed E-state index contributed by atoms with van der Waals surface area (Å²) >= 11 is 0. The molecule has 0 radical (unpaired) electrons. The SMILES string of the molecule is CN(c1ccc(-c2ccc(-c3cn[nH]c3)cc2O)nn1)[C@@H]1CC2CC[C@@H](CN2)C1. The van der Waals surface area contributed by atoms with Crippen molar-refractivity contribution in [3.05, 3.63) is 42.7 Å². The second-order valence-corrected chi connectivity index (χ2v) is 8.28. The molecule has 3 atom stereocenters. The zero-order chi connectivity index (χ0) is 19.8. The van der Waals surface area contributed by atoms with Crippen molar-refractivity contribution in [1.29, 1.82) is 0 Å². The van der Waals surface area contributed by atoms with Crippen LogP contribution in [0.3, 0.4) is 0 Å². The van der Waals surface area contributed by atoms with Crippen molar-refractivity contribution in [3.63, 3.8) is 0 Å². The molecule has 3 N–H and O–H groups in total. The fourth-order valence-corrected chi connectivity index (χ4v) is 4.68. The number of benzene rings is 1. The number of phenols is 1. The van der Waals surface area contributed by atoms with Crippen LogP contribution in [0.1, 0.15) is 25.7 Å². The lowest BCUT2D eigenvalue weighted by molar-refractivity contribution is 0.342. The van der Waals surface area contributed by atoms with Gasteiger partial charge in [0.2, 0.25) is 0 Å². The van der Waals surface area contributed by atoms with Crippen LogP contribution < -0.4 is 10.2 Å². The van der Waals surface area contributed by atoms with E-state index in [-0.39, 0.29) is 5.75 Å². The molecule has 7 nitrogen and oxygen atoms in total. The molecule has 3 aromatic rings. The predicted octanol–water partition coefficient (Wildman–Crippen LogP) is 3.21. The van der Waals surface area contributed by atoms with E-state index in [0.29, 0.717) is 23.3 Å². The van der Waals surface area contributed by atoms with E-state index in [1.165, 1.54) is 19.3 Å². The van der Waals surface area contributed by atoms with Crippen molar-refractivity contribution in [3.8, 4) is 28.1 Å². The van der Waals surface area contributed by atoms with E-state index in [9.17, 15) is 5.11 Å². The maximum atomic E-state index is 10.5. The van der Waals surface area contributed by atoms with E-state index in [2.05, 4.69) is 37.7 Å². The zero-order valence-electron chi connectivity index (χ0n) is 16.5. The van der Waals surface area contributed by atoms with Crippen LogP contribution in [-0.2, 0) is 0 Å². The second-order valence-electron chi connectivity index (χ2n) is 8.28. The van der Waals surface area contributed by atoms with Gasteiger partial charge >= 0.3 is 0 Å². The molecule has 3 aliphatic rings. The van der Waals surface area contributed by atoms with E-state index in [0.717, 1.165) is 35.8 Å². The first kappa shape index (κ1) is 18.1. The summed E-state index contributed by atoms with van der Waals surface area (Å²) in [7, 11) is 2.12. The van der Waals surface area contributed by atoms with Crippen molar-refractivity contribution in [2.75, 3.05) is 18.5 Å². The molecular formula is C22H26N6O. The Morgan fingerprint density at radius 3 is 2.69 bits per heavy atom. The smallest absolute Gasteiger partial charge is 0.151 e. The van der Waals surface area contributed by atoms with Crippen LogP contribution in [0, 0.1) is 5.92 Å². The van der Waals surface area contributed by atoms with Gasteiger partial charge in [0, 0.05) is 36.5 Å². The van der Waals surface area contributed by atoms with Gasteiger partial charge in [0.25, 0.3) is 0 Å². The van der Waals surface area contributed by atoms with Crippen LogP contribution in [-0.4, -0.2) is 51.2 Å². The normalized spacial score (nSPS) is 23.7. The molecular weight excluding hydrogens is 364 g/mol. The standard InChI is InChI=1S/C22H26N6O/c1-28(18-8-14-2-4-17(10-18)23-11-14)22-7-6-20(26-27-22)19-5-3-15(9-21(19)29)16-12-24-25-13-16/h3,5-7,9,12-14,17-18,23,29H,2,4,8,10-11H2,1H3,(H,24,25)/t14-,17?,18+/m1/s1. The number of aromatic hydroxyl groups is 1. The third-order valence-corrected chi connectivity index (χ3v) is 6.45. The van der Waals surface area contributed by atoms with E-state index in [1.807, 2.05) is 24.3 Å². The number of aromatic amines is 1. The van der Waals surface area contributed by atoms with E-state index in [1.54, 1.807) is 18.5 Å². The van der Waals surface area contributed by atoms with Gasteiger partial charge in [0.1, 0.15) is 5.75 Å². The topological polar surface area (TPSA) is 90.0 Å². The quantitative estimate of drug-likeness (QED) is 0.634. The third-order valence-electron chi connectivity index (χ3n) is 6.45. The molecule has 0 amide bonds. The van der Waals surface area contributed by atoms with E-state index < -0.39 is 0 Å². The van der Waals surface area contributed by atoms with Crippen LogP contribution in [0.25, 0.3) is 22.4 Å². The molecule has 2 aliphatic heterocycles. The number of nitrogens with zero attached hydrogens (tertiary/aromatic N) is 4. The van der Waals surface area contributed by atoms with Crippen LogP contribution in [0.5, 0.6) is 5.75 Å². The summed E-state index contributed by atoms with van der Waals surface area (Å²) in [5.74, 6) is 1.83.